The van der Waals surface area contributed by atoms with Gasteiger partial charge in [0.15, 0.2) is 5.70 Å². The first-order valence-corrected chi connectivity index (χ1v) is 2.22. The highest BCUT2D eigenvalue weighted by Crippen LogP contribution is 1.95. The Kier molecular flexibility index (Phi) is 1.31. The van der Waals surface area contributed by atoms with Gasteiger partial charge in [0.05, 0.1) is 6.20 Å². The zero-order chi connectivity index (χ0) is 6.69. The van der Waals surface area contributed by atoms with Gasteiger partial charge in [-0.05, 0) is 0 Å². The van der Waals surface area contributed by atoms with Crippen LogP contribution < -0.4 is 16.7 Å². The monoisotopic (exact) mass is 127 g/mol. The van der Waals surface area contributed by atoms with Crippen LogP contribution in [-0.2, 0) is 4.79 Å². The van der Waals surface area contributed by atoms with Crippen LogP contribution in [0.4, 0.5) is 0 Å². The molecule has 48 valence electrons. The molecular formula is C3H5N5O. The lowest BCUT2D eigenvalue weighted by atomic mass is 10.5. The molecular weight excluding hydrogens is 122 g/mol. The predicted octanol–water partition coefficient (Wildman–Crippen LogP) is -1.21. The normalized spacial score (nSPS) is 15.3. The molecule has 0 fully saturated rings. The van der Waals surface area contributed by atoms with E-state index in [0.717, 1.165) is 0 Å². The molecule has 0 aromatic rings. The number of hydrogen-bond donors (Lipinski definition) is 3. The largest absolute Gasteiger partial charge is 0.364 e. The van der Waals surface area contributed by atoms with Crippen molar-refractivity contribution in [3.63, 3.8) is 0 Å². The van der Waals surface area contributed by atoms with E-state index in [4.69, 9.17) is 5.73 Å². The molecule has 1 rings (SSSR count). The van der Waals surface area contributed by atoms with Crippen molar-refractivity contribution >= 4 is 5.91 Å². The summed E-state index contributed by atoms with van der Waals surface area (Å²) in [5.74, 6) is -0.604. The van der Waals surface area contributed by atoms with E-state index in [0.29, 0.717) is 0 Å². The van der Waals surface area contributed by atoms with Gasteiger partial charge in [-0.2, -0.15) is 0 Å². The van der Waals surface area contributed by atoms with Crippen LogP contribution in [0, 0.1) is 0 Å². The highest BCUT2D eigenvalue weighted by molar-refractivity contribution is 5.91. The van der Waals surface area contributed by atoms with E-state index in [1.165, 1.54) is 6.20 Å². The number of carbonyl (C=O) groups is 1. The molecule has 6 heteroatoms. The van der Waals surface area contributed by atoms with Crippen molar-refractivity contribution in [1.29, 1.82) is 0 Å². The van der Waals surface area contributed by atoms with Gasteiger partial charge in [0, 0.05) is 0 Å². The smallest absolute Gasteiger partial charge is 0.270 e. The Morgan fingerprint density at radius 2 is 2.56 bits per heavy atom. The fourth-order valence-corrected chi connectivity index (χ4v) is 0.358. The fraction of sp³-hybridized carbons (Fsp3) is 0. The molecule has 0 bridgehead atoms. The third-order valence-electron chi connectivity index (χ3n) is 0.734. The molecule has 1 aliphatic rings. The van der Waals surface area contributed by atoms with Crippen LogP contribution in [0.5, 0.6) is 0 Å². The minimum Gasteiger partial charge on any atom is -0.364 e. The quantitative estimate of drug-likeness (QED) is 0.412. The molecule has 0 unspecified atom stereocenters. The molecule has 1 amide bonds. The first-order valence-electron chi connectivity index (χ1n) is 2.22. The molecule has 1 heterocycles. The molecule has 0 spiro atoms. The lowest BCUT2D eigenvalue weighted by Gasteiger charge is -2.02. The number of rotatable bonds is 1. The third kappa shape index (κ3) is 1.15. The number of amides is 1. The second-order valence-electron chi connectivity index (χ2n) is 1.35. The Morgan fingerprint density at radius 3 is 2.89 bits per heavy atom. The molecule has 4 N–H and O–H groups in total. The number of hydrogen-bond acceptors (Lipinski definition) is 5. The second-order valence-corrected chi connectivity index (χ2v) is 1.35. The zero-order valence-electron chi connectivity index (χ0n) is 4.46. The van der Waals surface area contributed by atoms with Gasteiger partial charge in [-0.25, -0.2) is 5.53 Å². The van der Waals surface area contributed by atoms with E-state index in [1.807, 2.05) is 0 Å². The van der Waals surface area contributed by atoms with Gasteiger partial charge in [-0.3, -0.25) is 10.2 Å². The Bertz CT molecular complexity index is 183. The topological polar surface area (TPSA) is 91.9 Å². The third-order valence-corrected chi connectivity index (χ3v) is 0.734. The SMILES string of the molecule is NC(=O)C1=CNNN=N1. The minimum atomic E-state index is -0.604. The summed E-state index contributed by atoms with van der Waals surface area (Å²) in [4.78, 5) is 10.3. The fourth-order valence-electron chi connectivity index (χ4n) is 0.358. The number of carbonyl (C=O) groups excluding carboxylic acids is 1. The lowest BCUT2D eigenvalue weighted by Crippen LogP contribution is -2.26. The first kappa shape index (κ1) is 5.54. The van der Waals surface area contributed by atoms with Crippen LogP contribution >= 0.6 is 0 Å². The summed E-state index contributed by atoms with van der Waals surface area (Å²) in [6.07, 6.45) is 1.33. The van der Waals surface area contributed by atoms with Crippen molar-refractivity contribution in [2.45, 2.75) is 0 Å². The van der Waals surface area contributed by atoms with Crippen molar-refractivity contribution in [2.75, 3.05) is 0 Å². The number of nitrogens with two attached hydrogens (primary N) is 1. The van der Waals surface area contributed by atoms with Gasteiger partial charge in [0.2, 0.25) is 0 Å². The van der Waals surface area contributed by atoms with E-state index < -0.39 is 5.91 Å². The van der Waals surface area contributed by atoms with Crippen LogP contribution in [0.2, 0.25) is 0 Å². The number of primary amides is 1. The van der Waals surface area contributed by atoms with E-state index in [1.54, 1.807) is 0 Å². The lowest BCUT2D eigenvalue weighted by molar-refractivity contribution is -0.114. The predicted molar refractivity (Wildman–Crippen MR) is 28.4 cm³/mol. The summed E-state index contributed by atoms with van der Waals surface area (Å²) in [7, 11) is 0. The van der Waals surface area contributed by atoms with Crippen LogP contribution in [0.25, 0.3) is 0 Å². The molecule has 9 heavy (non-hydrogen) atoms. The first-order chi connectivity index (χ1) is 4.30. The van der Waals surface area contributed by atoms with Crippen molar-refractivity contribution in [3.05, 3.63) is 11.9 Å². The van der Waals surface area contributed by atoms with Crippen LogP contribution in [0.3, 0.4) is 0 Å². The second kappa shape index (κ2) is 2.12. The van der Waals surface area contributed by atoms with E-state index >= 15 is 0 Å². The van der Waals surface area contributed by atoms with E-state index in [2.05, 4.69) is 21.3 Å². The minimum absolute atomic E-state index is 0.105. The summed E-state index contributed by atoms with van der Waals surface area (Å²) in [5, 5.41) is 6.64. The van der Waals surface area contributed by atoms with Gasteiger partial charge in [0.1, 0.15) is 0 Å². The Morgan fingerprint density at radius 1 is 1.78 bits per heavy atom. The average Bonchev–Trinajstić information content (AvgIpc) is 1.90. The number of nitrogens with zero attached hydrogens (tertiary/aromatic N) is 2. The van der Waals surface area contributed by atoms with Gasteiger partial charge < -0.3 is 5.73 Å². The van der Waals surface area contributed by atoms with Gasteiger partial charge >= 0.3 is 0 Å². The van der Waals surface area contributed by atoms with Crippen molar-refractivity contribution in [1.82, 2.24) is 11.0 Å². The van der Waals surface area contributed by atoms with Gasteiger partial charge in [0.25, 0.3) is 5.91 Å². The van der Waals surface area contributed by atoms with Crippen molar-refractivity contribution in [2.24, 2.45) is 16.1 Å². The van der Waals surface area contributed by atoms with Crippen molar-refractivity contribution < 1.29 is 4.79 Å². The van der Waals surface area contributed by atoms with E-state index in [-0.39, 0.29) is 5.70 Å². The molecule has 0 aromatic carbocycles. The van der Waals surface area contributed by atoms with Crippen LogP contribution in [0.1, 0.15) is 0 Å². The molecule has 6 nitrogen and oxygen atoms in total. The molecule has 0 saturated heterocycles. The van der Waals surface area contributed by atoms with Gasteiger partial charge in [-0.15, -0.1) is 5.11 Å². The van der Waals surface area contributed by atoms with Crippen LogP contribution in [0.15, 0.2) is 22.2 Å². The average molecular weight is 127 g/mol. The Labute approximate surface area is 50.8 Å². The molecule has 1 aliphatic heterocycles. The van der Waals surface area contributed by atoms with Crippen molar-refractivity contribution in [3.8, 4) is 0 Å². The molecule has 0 saturated carbocycles. The summed E-state index contributed by atoms with van der Waals surface area (Å²) >= 11 is 0. The molecule has 0 aromatic heterocycles. The summed E-state index contributed by atoms with van der Waals surface area (Å²) in [5.41, 5.74) is 9.68. The maximum absolute atomic E-state index is 10.3. The summed E-state index contributed by atoms with van der Waals surface area (Å²) < 4.78 is 0. The molecule has 0 radical (unpaired) electrons. The Hall–Kier alpha value is -1.59. The highest BCUT2D eigenvalue weighted by Gasteiger charge is 2.03. The van der Waals surface area contributed by atoms with Crippen LogP contribution in [-0.4, -0.2) is 5.91 Å². The summed E-state index contributed by atoms with van der Waals surface area (Å²) in [6.45, 7) is 0. The van der Waals surface area contributed by atoms with Gasteiger partial charge in [-0.1, -0.05) is 5.22 Å². The standard InChI is InChI=1S/C3H5N5O/c4-3(9)2-1-5-7-8-6-2/h1H,(H2,4,9)(H,5,8)(H,6,7). The summed E-state index contributed by atoms with van der Waals surface area (Å²) in [6, 6.07) is 0. The zero-order valence-corrected chi connectivity index (χ0v) is 4.46. The number of hydrazine groups is 1. The maximum atomic E-state index is 10.3. The number of nitrogens with one attached hydrogen (secondary N) is 2. The Balaban J connectivity index is 2.69. The maximum Gasteiger partial charge on any atom is 0.270 e. The molecule has 0 atom stereocenters. The molecule has 0 aliphatic carbocycles. The highest BCUT2D eigenvalue weighted by atomic mass is 16.1. The van der Waals surface area contributed by atoms with E-state index in [9.17, 15) is 4.79 Å².